The zero-order valence-corrected chi connectivity index (χ0v) is 38.2. The lowest BCUT2D eigenvalue weighted by atomic mass is 10.2. The Morgan fingerprint density at radius 3 is 1.09 bits per heavy atom. The molecule has 8 aromatic rings. The van der Waals surface area contributed by atoms with Gasteiger partial charge in [-0.3, -0.25) is 0 Å². The average Bonchev–Trinajstić information content (AvgIpc) is 3.29. The van der Waals surface area contributed by atoms with Crippen LogP contribution in [0.25, 0.3) is 0 Å². The van der Waals surface area contributed by atoms with Gasteiger partial charge in [-0.25, -0.2) is 0 Å². The minimum absolute atomic E-state index is 0.315. The monoisotopic (exact) mass is 926 g/mol. The smallest absolute Gasteiger partial charge is 0.233 e. The number of thiol groups is 4. The van der Waals surface area contributed by atoms with E-state index >= 15 is 0 Å². The maximum Gasteiger partial charge on any atom is 0.233 e. The number of nitrogens with zero attached hydrogens (tertiary/aromatic N) is 11. The van der Waals surface area contributed by atoms with E-state index in [0.717, 1.165) is 49.4 Å². The Bertz CT molecular complexity index is 2910. The molecule has 0 fully saturated rings. The summed E-state index contributed by atoms with van der Waals surface area (Å²) in [5.41, 5.74) is 9.34. The molecule has 0 bridgehead atoms. The Labute approximate surface area is 396 Å². The number of rotatable bonds is 14. The molecule has 18 heteroatoms. The number of nitrogens with one attached hydrogen (secondary N) is 3. The van der Waals surface area contributed by atoms with Crippen molar-refractivity contribution in [3.63, 3.8) is 0 Å². The molecular formula is C47H38N14S4. The van der Waals surface area contributed by atoms with Crippen molar-refractivity contribution in [3.8, 4) is 0 Å². The molecule has 0 saturated carbocycles. The minimum Gasteiger partial charge on any atom is -0.324 e. The fraction of sp³-hybridized carbons (Fsp3) is 0.0426. The first-order valence-electron chi connectivity index (χ1n) is 19.8. The number of anilines is 6. The average molecular weight is 927 g/mol. The van der Waals surface area contributed by atoms with Crippen LogP contribution in [0, 0.1) is 13.8 Å². The van der Waals surface area contributed by atoms with Gasteiger partial charge in [-0.15, -0.1) is 60.7 Å². The minimum atomic E-state index is 0.315. The Balaban J connectivity index is 0.948. The SMILES string of the molecule is Cc1cc(Nc2nc(Nc3ccccc3)nc(Nc3ccc(N=Nc4ccc(N=Nc5ccc(S)cc5)cc4S)c(C)c3)n2)ccc1N=Nc1ccc(N=Nc2ccc(S)cc2)cc1S. The number of benzene rings is 7. The summed E-state index contributed by atoms with van der Waals surface area (Å²) in [7, 11) is 0. The zero-order valence-electron chi connectivity index (χ0n) is 34.6. The van der Waals surface area contributed by atoms with Gasteiger partial charge in [0.15, 0.2) is 0 Å². The van der Waals surface area contributed by atoms with Crippen LogP contribution in [0.15, 0.2) is 212 Å². The first kappa shape index (κ1) is 44.4. The second kappa shape index (κ2) is 21.0. The summed E-state index contributed by atoms with van der Waals surface area (Å²) >= 11 is 17.8. The van der Waals surface area contributed by atoms with E-state index in [0.29, 0.717) is 61.8 Å². The molecule has 0 aliphatic carbocycles. The van der Waals surface area contributed by atoms with Gasteiger partial charge in [0.05, 0.1) is 45.5 Å². The maximum atomic E-state index is 4.70. The second-order valence-corrected chi connectivity index (χ2v) is 16.2. The van der Waals surface area contributed by atoms with Gasteiger partial charge in [0.1, 0.15) is 0 Å². The molecule has 0 aliphatic rings. The maximum absolute atomic E-state index is 4.70. The number of para-hydroxylation sites is 1. The molecule has 3 N–H and O–H groups in total. The molecule has 7 aromatic carbocycles. The molecule has 0 saturated heterocycles. The molecule has 0 amide bonds. The molecule has 14 nitrogen and oxygen atoms in total. The Kier molecular flexibility index (Phi) is 14.3. The van der Waals surface area contributed by atoms with Gasteiger partial charge in [-0.2, -0.15) is 45.6 Å². The van der Waals surface area contributed by atoms with E-state index in [9.17, 15) is 0 Å². The van der Waals surface area contributed by atoms with Crippen molar-refractivity contribution in [2.24, 2.45) is 40.9 Å². The number of aromatic nitrogens is 3. The molecule has 0 unspecified atom stereocenters. The van der Waals surface area contributed by atoms with Crippen molar-refractivity contribution >= 4 is 131 Å². The van der Waals surface area contributed by atoms with Gasteiger partial charge >= 0.3 is 0 Å². The van der Waals surface area contributed by atoms with E-state index in [1.807, 2.05) is 141 Å². The van der Waals surface area contributed by atoms with Crippen LogP contribution in [0.2, 0.25) is 0 Å². The van der Waals surface area contributed by atoms with Crippen LogP contribution in [0.3, 0.4) is 0 Å². The highest BCUT2D eigenvalue weighted by Crippen LogP contribution is 2.34. The first-order chi connectivity index (χ1) is 31.6. The van der Waals surface area contributed by atoms with E-state index in [-0.39, 0.29) is 0 Å². The van der Waals surface area contributed by atoms with Gasteiger partial charge in [-0.05, 0) is 158 Å². The highest BCUT2D eigenvalue weighted by atomic mass is 32.1. The summed E-state index contributed by atoms with van der Waals surface area (Å²) in [6.45, 7) is 3.90. The zero-order chi connectivity index (χ0) is 45.1. The van der Waals surface area contributed by atoms with Crippen molar-refractivity contribution in [3.05, 3.63) is 163 Å². The third kappa shape index (κ3) is 12.5. The number of hydrogen-bond acceptors (Lipinski definition) is 18. The highest BCUT2D eigenvalue weighted by Gasteiger charge is 2.11. The van der Waals surface area contributed by atoms with Crippen molar-refractivity contribution in [1.82, 2.24) is 15.0 Å². The normalized spacial score (nSPS) is 11.6. The third-order valence-corrected chi connectivity index (χ3v) is 10.6. The number of azo groups is 4. The van der Waals surface area contributed by atoms with Crippen molar-refractivity contribution in [1.29, 1.82) is 0 Å². The van der Waals surface area contributed by atoms with Gasteiger partial charge in [0, 0.05) is 36.6 Å². The molecule has 0 radical (unpaired) electrons. The van der Waals surface area contributed by atoms with Crippen molar-refractivity contribution in [2.75, 3.05) is 16.0 Å². The fourth-order valence-electron chi connectivity index (χ4n) is 5.95. The first-order valence-corrected chi connectivity index (χ1v) is 21.6. The summed E-state index contributed by atoms with van der Waals surface area (Å²) in [4.78, 5) is 17.0. The van der Waals surface area contributed by atoms with Gasteiger partial charge in [0.2, 0.25) is 17.8 Å². The lowest BCUT2D eigenvalue weighted by Gasteiger charge is -2.13. The van der Waals surface area contributed by atoms with Gasteiger partial charge in [-0.1, -0.05) is 18.2 Å². The van der Waals surface area contributed by atoms with Crippen LogP contribution in [-0.2, 0) is 0 Å². The van der Waals surface area contributed by atoms with Crippen LogP contribution < -0.4 is 16.0 Å². The Hall–Kier alpha value is -7.25. The number of hydrogen-bond donors (Lipinski definition) is 7. The molecular weight excluding hydrogens is 889 g/mol. The van der Waals surface area contributed by atoms with Crippen LogP contribution in [0.1, 0.15) is 11.1 Å². The molecule has 0 aliphatic heterocycles. The van der Waals surface area contributed by atoms with E-state index < -0.39 is 0 Å². The summed E-state index contributed by atoms with van der Waals surface area (Å²) in [6, 6.07) is 46.7. The molecule has 320 valence electrons. The predicted octanol–water partition coefficient (Wildman–Crippen LogP) is 16.5. The Morgan fingerprint density at radius 2 is 0.692 bits per heavy atom. The quantitative estimate of drug-likeness (QED) is 0.0422. The van der Waals surface area contributed by atoms with Crippen LogP contribution >= 0.6 is 50.5 Å². The largest absolute Gasteiger partial charge is 0.324 e. The van der Waals surface area contributed by atoms with Crippen molar-refractivity contribution < 1.29 is 0 Å². The van der Waals surface area contributed by atoms with Crippen LogP contribution in [-0.4, -0.2) is 15.0 Å². The van der Waals surface area contributed by atoms with Gasteiger partial charge < -0.3 is 16.0 Å². The summed E-state index contributed by atoms with van der Waals surface area (Å²) in [5, 5.41) is 45.0. The lowest BCUT2D eigenvalue weighted by Crippen LogP contribution is -2.07. The highest BCUT2D eigenvalue weighted by molar-refractivity contribution is 7.81. The molecule has 1 aromatic heterocycles. The summed E-state index contributed by atoms with van der Waals surface area (Å²) in [5.74, 6) is 0.967. The van der Waals surface area contributed by atoms with E-state index in [1.165, 1.54) is 0 Å². The van der Waals surface area contributed by atoms with Crippen LogP contribution in [0.5, 0.6) is 0 Å². The Morgan fingerprint density at radius 1 is 0.338 bits per heavy atom. The van der Waals surface area contributed by atoms with Crippen molar-refractivity contribution in [2.45, 2.75) is 33.4 Å². The number of aryl methyl sites for hydroxylation is 2. The second-order valence-electron chi connectivity index (χ2n) is 14.2. The van der Waals surface area contributed by atoms with E-state index in [4.69, 9.17) is 4.98 Å². The van der Waals surface area contributed by atoms with Gasteiger partial charge in [0.25, 0.3) is 0 Å². The lowest BCUT2D eigenvalue weighted by molar-refractivity contribution is 1.06. The molecule has 8 rings (SSSR count). The van der Waals surface area contributed by atoms with E-state index in [2.05, 4.69) is 117 Å². The van der Waals surface area contributed by atoms with E-state index in [1.54, 1.807) is 24.3 Å². The molecule has 65 heavy (non-hydrogen) atoms. The standard InChI is InChI=1S/C47H38N14S4/c1-28-24-33(12-20-39(28)58-60-41-22-14-35(26-43(41)64)56-54-31-8-16-37(62)17-9-31)49-46-51-45(48-30-6-4-3-5-7-30)52-47(53-46)50-34-13-21-40(29(2)25-34)59-61-42-23-15-36(27-44(42)65)57-55-32-10-18-38(63)19-11-32/h3-27,62-65H,1-2H3,(H3,48,49,50,51,52,53). The summed E-state index contributed by atoms with van der Waals surface area (Å²) in [6.07, 6.45) is 0. The topological polar surface area (TPSA) is 174 Å². The summed E-state index contributed by atoms with van der Waals surface area (Å²) < 4.78 is 0. The molecule has 0 atom stereocenters. The third-order valence-electron chi connectivity index (χ3n) is 9.28. The van der Waals surface area contributed by atoms with Crippen LogP contribution in [0.4, 0.5) is 80.4 Å². The predicted molar refractivity (Wildman–Crippen MR) is 270 cm³/mol. The molecule has 0 spiro atoms. The molecule has 1 heterocycles. The fourth-order valence-corrected chi connectivity index (χ4v) is 6.75.